The molecule has 0 aliphatic heterocycles. The van der Waals surface area contributed by atoms with Gasteiger partial charge >= 0.3 is 0 Å². The van der Waals surface area contributed by atoms with Crippen molar-refractivity contribution in [1.82, 2.24) is 10.6 Å². The van der Waals surface area contributed by atoms with Crippen molar-refractivity contribution >= 4 is 11.7 Å². The molecular weight excluding hydrogens is 196 g/mol. The standard InChI is InChI=1S/C9H18N4O2/c1-5(8(10)13-15)11-6(2)9(14)12-7-3-4-7/h5-7,11,15H,3-4H2,1-2H3,(H2,10,13)(H,12,14). The summed E-state index contributed by atoms with van der Waals surface area (Å²) in [6.45, 7) is 3.48. The zero-order valence-corrected chi connectivity index (χ0v) is 9.03. The molecule has 1 saturated carbocycles. The molecule has 6 nitrogen and oxygen atoms in total. The van der Waals surface area contributed by atoms with Crippen LogP contribution in [0.25, 0.3) is 0 Å². The molecule has 2 unspecified atom stereocenters. The molecule has 0 aromatic carbocycles. The molecule has 1 fully saturated rings. The molecule has 0 saturated heterocycles. The van der Waals surface area contributed by atoms with E-state index in [1.54, 1.807) is 13.8 Å². The van der Waals surface area contributed by atoms with E-state index in [4.69, 9.17) is 10.9 Å². The number of nitrogens with two attached hydrogens (primary N) is 1. The maximum atomic E-state index is 11.5. The number of nitrogens with zero attached hydrogens (tertiary/aromatic N) is 1. The number of carbonyl (C=O) groups excluding carboxylic acids is 1. The summed E-state index contributed by atoms with van der Waals surface area (Å²) in [6.07, 6.45) is 2.13. The van der Waals surface area contributed by atoms with Gasteiger partial charge in [0.15, 0.2) is 5.84 Å². The summed E-state index contributed by atoms with van der Waals surface area (Å²) < 4.78 is 0. The molecule has 0 spiro atoms. The van der Waals surface area contributed by atoms with Crippen LogP contribution < -0.4 is 16.4 Å². The number of rotatable bonds is 5. The molecule has 15 heavy (non-hydrogen) atoms. The van der Waals surface area contributed by atoms with Crippen LogP contribution in [0.4, 0.5) is 0 Å². The van der Waals surface area contributed by atoms with Gasteiger partial charge in [-0.1, -0.05) is 5.16 Å². The Morgan fingerprint density at radius 1 is 1.47 bits per heavy atom. The van der Waals surface area contributed by atoms with Crippen molar-refractivity contribution in [2.45, 2.75) is 44.8 Å². The SMILES string of the molecule is CC(NC(C)C(N)=NO)C(=O)NC1CC1. The molecule has 2 atom stereocenters. The van der Waals surface area contributed by atoms with E-state index in [2.05, 4.69) is 15.8 Å². The minimum atomic E-state index is -0.346. The molecule has 1 aliphatic rings. The smallest absolute Gasteiger partial charge is 0.237 e. The first-order chi connectivity index (χ1) is 7.04. The summed E-state index contributed by atoms with van der Waals surface area (Å²) >= 11 is 0. The van der Waals surface area contributed by atoms with Crippen molar-refractivity contribution in [1.29, 1.82) is 0 Å². The van der Waals surface area contributed by atoms with Crippen LogP contribution in [0.15, 0.2) is 5.16 Å². The van der Waals surface area contributed by atoms with Crippen LogP contribution in [0.1, 0.15) is 26.7 Å². The Labute approximate surface area is 88.9 Å². The summed E-state index contributed by atoms with van der Waals surface area (Å²) in [5.74, 6) is 0.0242. The molecule has 0 heterocycles. The van der Waals surface area contributed by atoms with Crippen LogP contribution in [-0.2, 0) is 4.79 Å². The Morgan fingerprint density at radius 2 is 2.07 bits per heavy atom. The summed E-state index contributed by atoms with van der Waals surface area (Å²) in [4.78, 5) is 11.5. The van der Waals surface area contributed by atoms with Crippen LogP contribution in [0.3, 0.4) is 0 Å². The first kappa shape index (κ1) is 11.8. The molecule has 0 aromatic heterocycles. The molecule has 1 amide bonds. The summed E-state index contributed by atoms with van der Waals surface area (Å²) in [5.41, 5.74) is 5.38. The van der Waals surface area contributed by atoms with Gasteiger partial charge in [0, 0.05) is 6.04 Å². The van der Waals surface area contributed by atoms with Crippen molar-refractivity contribution in [2.24, 2.45) is 10.9 Å². The Balaban J connectivity index is 2.32. The highest BCUT2D eigenvalue weighted by atomic mass is 16.4. The van der Waals surface area contributed by atoms with Crippen molar-refractivity contribution in [3.63, 3.8) is 0 Å². The Hall–Kier alpha value is -1.30. The van der Waals surface area contributed by atoms with E-state index in [1.165, 1.54) is 0 Å². The normalized spacial score (nSPS) is 20.8. The Kier molecular flexibility index (Phi) is 3.90. The minimum absolute atomic E-state index is 0.0462. The second-order valence-electron chi connectivity index (χ2n) is 3.92. The number of oxime groups is 1. The predicted octanol–water partition coefficient (Wildman–Crippen LogP) is -0.622. The van der Waals surface area contributed by atoms with Gasteiger partial charge in [-0.25, -0.2) is 0 Å². The molecule has 0 aromatic rings. The lowest BCUT2D eigenvalue weighted by molar-refractivity contribution is -0.122. The maximum Gasteiger partial charge on any atom is 0.237 e. The van der Waals surface area contributed by atoms with E-state index in [-0.39, 0.29) is 23.8 Å². The third-order valence-corrected chi connectivity index (χ3v) is 2.38. The van der Waals surface area contributed by atoms with Crippen LogP contribution in [0.2, 0.25) is 0 Å². The lowest BCUT2D eigenvalue weighted by Gasteiger charge is -2.18. The fourth-order valence-corrected chi connectivity index (χ4v) is 1.18. The number of carbonyl (C=O) groups is 1. The van der Waals surface area contributed by atoms with Crippen molar-refractivity contribution < 1.29 is 10.0 Å². The average Bonchev–Trinajstić information content (AvgIpc) is 3.00. The first-order valence-electron chi connectivity index (χ1n) is 5.08. The van der Waals surface area contributed by atoms with Gasteiger partial charge < -0.3 is 16.3 Å². The number of hydrogen-bond donors (Lipinski definition) is 4. The van der Waals surface area contributed by atoms with Gasteiger partial charge in [-0.2, -0.15) is 0 Å². The van der Waals surface area contributed by atoms with Gasteiger partial charge in [0.2, 0.25) is 5.91 Å². The van der Waals surface area contributed by atoms with Crippen LogP contribution in [0.5, 0.6) is 0 Å². The number of hydrogen-bond acceptors (Lipinski definition) is 4. The van der Waals surface area contributed by atoms with Crippen LogP contribution in [0, 0.1) is 0 Å². The van der Waals surface area contributed by atoms with Crippen molar-refractivity contribution in [3.8, 4) is 0 Å². The van der Waals surface area contributed by atoms with Gasteiger partial charge in [-0.05, 0) is 26.7 Å². The summed E-state index contributed by atoms with van der Waals surface area (Å²) in [5, 5.41) is 17.1. The molecule has 0 bridgehead atoms. The third kappa shape index (κ3) is 3.75. The fraction of sp³-hybridized carbons (Fsp3) is 0.778. The maximum absolute atomic E-state index is 11.5. The van der Waals surface area contributed by atoms with E-state index in [1.807, 2.05) is 0 Å². The van der Waals surface area contributed by atoms with Crippen molar-refractivity contribution in [2.75, 3.05) is 0 Å². The lowest BCUT2D eigenvalue weighted by Crippen LogP contribution is -2.50. The first-order valence-corrected chi connectivity index (χ1v) is 5.08. The highest BCUT2D eigenvalue weighted by Gasteiger charge is 2.26. The second-order valence-corrected chi connectivity index (χ2v) is 3.92. The van der Waals surface area contributed by atoms with E-state index in [9.17, 15) is 4.79 Å². The highest BCUT2D eigenvalue weighted by Crippen LogP contribution is 2.18. The lowest BCUT2D eigenvalue weighted by atomic mass is 10.2. The zero-order chi connectivity index (χ0) is 11.4. The minimum Gasteiger partial charge on any atom is -0.409 e. The quantitative estimate of drug-likeness (QED) is 0.212. The molecule has 5 N–H and O–H groups in total. The third-order valence-electron chi connectivity index (χ3n) is 2.38. The number of amidine groups is 1. The Bertz CT molecular complexity index is 263. The topological polar surface area (TPSA) is 99.7 Å². The van der Waals surface area contributed by atoms with Gasteiger partial charge in [0.25, 0.3) is 0 Å². The predicted molar refractivity (Wildman–Crippen MR) is 56.6 cm³/mol. The van der Waals surface area contributed by atoms with Gasteiger partial charge in [0.05, 0.1) is 12.1 Å². The van der Waals surface area contributed by atoms with Gasteiger partial charge in [0.1, 0.15) is 0 Å². The Morgan fingerprint density at radius 3 is 2.53 bits per heavy atom. The molecule has 0 radical (unpaired) electrons. The zero-order valence-electron chi connectivity index (χ0n) is 9.03. The van der Waals surface area contributed by atoms with Crippen LogP contribution in [-0.4, -0.2) is 35.1 Å². The van der Waals surface area contributed by atoms with Crippen molar-refractivity contribution in [3.05, 3.63) is 0 Å². The molecule has 1 aliphatic carbocycles. The molecule has 1 rings (SSSR count). The monoisotopic (exact) mass is 214 g/mol. The largest absolute Gasteiger partial charge is 0.409 e. The van der Waals surface area contributed by atoms with Gasteiger partial charge in [-0.15, -0.1) is 0 Å². The van der Waals surface area contributed by atoms with E-state index in [0.717, 1.165) is 12.8 Å². The molecule has 86 valence electrons. The number of nitrogens with one attached hydrogen (secondary N) is 2. The summed E-state index contributed by atoms with van der Waals surface area (Å²) in [7, 11) is 0. The highest BCUT2D eigenvalue weighted by molar-refractivity contribution is 5.87. The summed E-state index contributed by atoms with van der Waals surface area (Å²) in [6, 6.07) is -0.322. The molecular formula is C9H18N4O2. The second kappa shape index (κ2) is 4.97. The van der Waals surface area contributed by atoms with E-state index in [0.29, 0.717) is 6.04 Å². The fourth-order valence-electron chi connectivity index (χ4n) is 1.18. The van der Waals surface area contributed by atoms with Gasteiger partial charge in [-0.3, -0.25) is 10.1 Å². The van der Waals surface area contributed by atoms with Crippen LogP contribution >= 0.6 is 0 Å². The van der Waals surface area contributed by atoms with E-state index >= 15 is 0 Å². The average molecular weight is 214 g/mol. The van der Waals surface area contributed by atoms with E-state index < -0.39 is 0 Å². The number of amides is 1. The molecule has 6 heteroatoms.